The van der Waals surface area contributed by atoms with Gasteiger partial charge in [-0.25, -0.2) is 0 Å². The zero-order valence-corrected chi connectivity index (χ0v) is 33.1. The Kier molecular flexibility index (Phi) is 8.20. The van der Waals surface area contributed by atoms with Crippen LogP contribution in [0.4, 0.5) is 17.1 Å². The molecule has 2 nitrogen and oxygen atoms in total. The maximum atomic E-state index is 6.29. The highest BCUT2D eigenvalue weighted by Crippen LogP contribution is 2.52. The van der Waals surface area contributed by atoms with Crippen molar-refractivity contribution in [3.05, 3.63) is 223 Å². The average molecular weight is 756 g/mol. The number of anilines is 3. The van der Waals surface area contributed by atoms with Crippen molar-refractivity contribution in [1.82, 2.24) is 0 Å². The number of rotatable bonds is 7. The van der Waals surface area contributed by atoms with Gasteiger partial charge in [-0.15, -0.1) is 0 Å². The van der Waals surface area contributed by atoms with E-state index < -0.39 is 0 Å². The number of nitrogens with zero attached hydrogens (tertiary/aromatic N) is 1. The minimum absolute atomic E-state index is 0.142. The largest absolute Gasteiger partial charge is 0.456 e. The van der Waals surface area contributed by atoms with Gasteiger partial charge in [-0.1, -0.05) is 178 Å². The summed E-state index contributed by atoms with van der Waals surface area (Å²) >= 11 is 0. The lowest BCUT2D eigenvalue weighted by Crippen LogP contribution is -2.17. The van der Waals surface area contributed by atoms with Crippen LogP contribution < -0.4 is 4.90 Å². The van der Waals surface area contributed by atoms with Crippen molar-refractivity contribution in [3.63, 3.8) is 0 Å². The van der Waals surface area contributed by atoms with Crippen LogP contribution in [0.3, 0.4) is 0 Å². The zero-order chi connectivity index (χ0) is 39.5. The number of furan rings is 1. The number of fused-ring (bicyclic) bond motifs is 6. The molecule has 59 heavy (non-hydrogen) atoms. The third-order valence-electron chi connectivity index (χ3n) is 12.3. The summed E-state index contributed by atoms with van der Waals surface area (Å²) in [7, 11) is 0. The maximum absolute atomic E-state index is 6.29. The fourth-order valence-electron chi connectivity index (χ4n) is 9.42. The van der Waals surface area contributed by atoms with Crippen molar-refractivity contribution >= 4 is 39.0 Å². The standard InChI is InChI=1S/C57H41NO/c1-57(2)51-25-13-11-22-47(51)48-34-33-43(37-52(48)57)58(42-31-28-40(29-32-42)46-24-15-27-55-56(46)49-23-12-14-26-54(49)59-55)53-35-30-41(36-50(53)39-18-7-4-8-19-39)45-21-10-9-20-44(45)38-16-5-3-6-17-38/h3-37H,1-2H3. The maximum Gasteiger partial charge on any atom is 0.136 e. The molecule has 0 bridgehead atoms. The van der Waals surface area contributed by atoms with Crippen LogP contribution in [-0.2, 0) is 5.41 Å². The molecule has 1 aromatic heterocycles. The molecule has 0 fully saturated rings. The topological polar surface area (TPSA) is 16.4 Å². The second-order valence-electron chi connectivity index (χ2n) is 16.1. The fraction of sp³-hybridized carbons (Fsp3) is 0.0526. The van der Waals surface area contributed by atoms with Crippen molar-refractivity contribution in [2.45, 2.75) is 19.3 Å². The molecule has 11 rings (SSSR count). The molecule has 0 saturated heterocycles. The van der Waals surface area contributed by atoms with Gasteiger partial charge >= 0.3 is 0 Å². The van der Waals surface area contributed by atoms with E-state index in [9.17, 15) is 0 Å². The summed E-state index contributed by atoms with van der Waals surface area (Å²) in [6.07, 6.45) is 0. The summed E-state index contributed by atoms with van der Waals surface area (Å²) in [5.41, 5.74) is 19.7. The quantitative estimate of drug-likeness (QED) is 0.161. The molecular weight excluding hydrogens is 715 g/mol. The second-order valence-corrected chi connectivity index (χ2v) is 16.1. The summed E-state index contributed by atoms with van der Waals surface area (Å²) in [5, 5.41) is 2.28. The smallest absolute Gasteiger partial charge is 0.136 e. The van der Waals surface area contributed by atoms with E-state index in [1.807, 2.05) is 12.1 Å². The molecule has 0 saturated carbocycles. The Morgan fingerprint density at radius 3 is 1.66 bits per heavy atom. The van der Waals surface area contributed by atoms with E-state index in [0.717, 1.165) is 61.3 Å². The normalized spacial score (nSPS) is 12.7. The van der Waals surface area contributed by atoms with Gasteiger partial charge in [0.15, 0.2) is 0 Å². The van der Waals surface area contributed by atoms with Crippen molar-refractivity contribution in [3.8, 4) is 55.6 Å². The van der Waals surface area contributed by atoms with Gasteiger partial charge in [-0.2, -0.15) is 0 Å². The first-order valence-electron chi connectivity index (χ1n) is 20.4. The molecule has 2 heteroatoms. The summed E-state index contributed by atoms with van der Waals surface area (Å²) < 4.78 is 6.29. The molecule has 10 aromatic rings. The van der Waals surface area contributed by atoms with Crippen LogP contribution in [-0.4, -0.2) is 0 Å². The van der Waals surface area contributed by atoms with Gasteiger partial charge in [-0.3, -0.25) is 0 Å². The zero-order valence-electron chi connectivity index (χ0n) is 33.1. The predicted molar refractivity (Wildman–Crippen MR) is 248 cm³/mol. The van der Waals surface area contributed by atoms with Crippen LogP contribution >= 0.6 is 0 Å². The third-order valence-corrected chi connectivity index (χ3v) is 12.3. The van der Waals surface area contributed by atoms with Gasteiger partial charge < -0.3 is 9.32 Å². The van der Waals surface area contributed by atoms with Crippen molar-refractivity contribution in [1.29, 1.82) is 0 Å². The van der Waals surface area contributed by atoms with Crippen molar-refractivity contribution in [2.24, 2.45) is 0 Å². The molecule has 0 atom stereocenters. The van der Waals surface area contributed by atoms with Gasteiger partial charge in [-0.05, 0) is 110 Å². The minimum atomic E-state index is -0.142. The first kappa shape index (κ1) is 34.8. The summed E-state index contributed by atoms with van der Waals surface area (Å²) in [4.78, 5) is 2.45. The minimum Gasteiger partial charge on any atom is -0.456 e. The second kappa shape index (κ2) is 13.9. The van der Waals surface area contributed by atoms with Gasteiger partial charge in [0.25, 0.3) is 0 Å². The molecule has 0 spiro atoms. The average Bonchev–Trinajstić information content (AvgIpc) is 3.79. The molecule has 0 N–H and O–H groups in total. The molecule has 0 amide bonds. The first-order chi connectivity index (χ1) is 29.0. The van der Waals surface area contributed by atoms with Crippen molar-refractivity contribution in [2.75, 3.05) is 4.90 Å². The SMILES string of the molecule is CC1(C)c2ccccc2-c2ccc(N(c3ccc(-c4cccc5oc6ccccc6c45)cc3)c3ccc(-c4ccccc4-c4ccccc4)cc3-c3ccccc3)cc21. The first-order valence-corrected chi connectivity index (χ1v) is 20.4. The Morgan fingerprint density at radius 1 is 0.356 bits per heavy atom. The highest BCUT2D eigenvalue weighted by atomic mass is 16.3. The van der Waals surface area contributed by atoms with E-state index in [2.05, 4.69) is 219 Å². The lowest BCUT2D eigenvalue weighted by Gasteiger charge is -2.30. The highest BCUT2D eigenvalue weighted by Gasteiger charge is 2.36. The Bertz CT molecular complexity index is 3170. The van der Waals surface area contributed by atoms with E-state index in [4.69, 9.17) is 4.42 Å². The molecule has 0 aliphatic heterocycles. The van der Waals surface area contributed by atoms with Crippen LogP contribution in [0.25, 0.3) is 77.6 Å². The van der Waals surface area contributed by atoms with Gasteiger partial charge in [0, 0.05) is 33.1 Å². The Balaban J connectivity index is 1.11. The highest BCUT2D eigenvalue weighted by molar-refractivity contribution is 6.12. The van der Waals surface area contributed by atoms with Gasteiger partial charge in [0.2, 0.25) is 0 Å². The van der Waals surface area contributed by atoms with E-state index in [1.54, 1.807) is 0 Å². The van der Waals surface area contributed by atoms with Crippen molar-refractivity contribution < 1.29 is 4.42 Å². The Morgan fingerprint density at radius 2 is 0.898 bits per heavy atom. The Hall–Kier alpha value is -7.42. The molecule has 1 aliphatic rings. The molecule has 0 unspecified atom stereocenters. The number of benzene rings is 9. The monoisotopic (exact) mass is 755 g/mol. The fourth-order valence-corrected chi connectivity index (χ4v) is 9.42. The molecule has 280 valence electrons. The Labute approximate surface area is 345 Å². The van der Waals surface area contributed by atoms with Crippen LogP contribution in [0.5, 0.6) is 0 Å². The summed E-state index contributed by atoms with van der Waals surface area (Å²) in [5.74, 6) is 0. The van der Waals surface area contributed by atoms with Crippen LogP contribution in [0.15, 0.2) is 217 Å². The van der Waals surface area contributed by atoms with Crippen LogP contribution in [0.1, 0.15) is 25.0 Å². The van der Waals surface area contributed by atoms with E-state index in [0.29, 0.717) is 0 Å². The summed E-state index contributed by atoms with van der Waals surface area (Å²) in [6.45, 7) is 4.71. The number of para-hydroxylation sites is 1. The molecule has 1 aliphatic carbocycles. The summed E-state index contributed by atoms with van der Waals surface area (Å²) in [6, 6.07) is 76.9. The molecule has 0 radical (unpaired) electrons. The predicted octanol–water partition coefficient (Wildman–Crippen LogP) is 16.0. The van der Waals surface area contributed by atoms with Gasteiger partial charge in [0.05, 0.1) is 5.69 Å². The van der Waals surface area contributed by atoms with E-state index in [-0.39, 0.29) is 5.41 Å². The van der Waals surface area contributed by atoms with Crippen LogP contribution in [0.2, 0.25) is 0 Å². The lowest BCUT2D eigenvalue weighted by molar-refractivity contribution is 0.660. The number of hydrogen-bond donors (Lipinski definition) is 0. The van der Waals surface area contributed by atoms with E-state index in [1.165, 1.54) is 44.5 Å². The number of hydrogen-bond acceptors (Lipinski definition) is 2. The third kappa shape index (κ3) is 5.79. The van der Waals surface area contributed by atoms with Gasteiger partial charge in [0.1, 0.15) is 11.2 Å². The van der Waals surface area contributed by atoms with Crippen LogP contribution in [0, 0.1) is 0 Å². The lowest BCUT2D eigenvalue weighted by atomic mass is 9.82. The van der Waals surface area contributed by atoms with E-state index >= 15 is 0 Å². The molecule has 1 heterocycles. The molecular formula is C57H41NO. The molecule has 9 aromatic carbocycles.